The molecule has 4 heteroatoms. The molecular weight excluding hydrogens is 296 g/mol. The van der Waals surface area contributed by atoms with Gasteiger partial charge in [0.05, 0.1) is 10.6 Å². The van der Waals surface area contributed by atoms with E-state index in [1.165, 1.54) is 0 Å². The molecule has 2 aromatic rings. The van der Waals surface area contributed by atoms with E-state index < -0.39 is 15.4 Å². The van der Waals surface area contributed by atoms with Gasteiger partial charge in [0, 0.05) is 11.5 Å². The summed E-state index contributed by atoms with van der Waals surface area (Å²) in [5.74, 6) is 0.192. The molecule has 2 aromatic carbocycles. The summed E-state index contributed by atoms with van der Waals surface area (Å²) in [5, 5.41) is 0. The lowest BCUT2D eigenvalue weighted by Gasteiger charge is -2.16. The summed E-state index contributed by atoms with van der Waals surface area (Å²) in [5.41, 5.74) is 1.24. The number of ether oxygens (including phenoxy) is 1. The first kappa shape index (κ1) is 14.0. The molecule has 0 amide bonds. The first-order valence-corrected chi connectivity index (χ1v) is 9.30. The topological polar surface area (TPSA) is 46.7 Å². The van der Waals surface area contributed by atoms with E-state index in [4.69, 9.17) is 4.74 Å². The van der Waals surface area contributed by atoms with Gasteiger partial charge in [0.25, 0.3) is 0 Å². The number of hydrogen-bond acceptors (Lipinski definition) is 3. The third-order valence-corrected chi connectivity index (χ3v) is 6.76. The van der Waals surface area contributed by atoms with Gasteiger partial charge in [-0.15, -0.1) is 0 Å². The molecule has 0 aliphatic carbocycles. The maximum absolute atomic E-state index is 12.7. The quantitative estimate of drug-likeness (QED) is 0.800. The zero-order valence-corrected chi connectivity index (χ0v) is 13.2. The summed E-state index contributed by atoms with van der Waals surface area (Å²) in [6.45, 7) is 2.04. The van der Waals surface area contributed by atoms with Gasteiger partial charge in [-0.05, 0) is 18.1 Å². The molecule has 0 unspecified atom stereocenters. The van der Waals surface area contributed by atoms with E-state index in [9.17, 15) is 8.42 Å². The first-order chi connectivity index (χ1) is 10.6. The minimum absolute atomic E-state index is 0.0256. The minimum Gasteiger partial charge on any atom is -0.355 e. The van der Waals surface area contributed by atoms with E-state index >= 15 is 0 Å². The molecule has 1 saturated heterocycles. The molecule has 3 nitrogen and oxygen atoms in total. The van der Waals surface area contributed by atoms with Crippen LogP contribution in [0.5, 0.6) is 0 Å². The van der Waals surface area contributed by atoms with Crippen molar-refractivity contribution in [1.82, 2.24) is 0 Å². The van der Waals surface area contributed by atoms with Crippen molar-refractivity contribution in [2.24, 2.45) is 5.92 Å². The maximum atomic E-state index is 12.7. The molecule has 114 valence electrons. The Hall–Kier alpha value is -1.65. The average Bonchev–Trinajstić information content (AvgIpc) is 3.30. The van der Waals surface area contributed by atoms with Crippen molar-refractivity contribution in [3.63, 3.8) is 0 Å². The summed E-state index contributed by atoms with van der Waals surface area (Å²) in [7, 11) is -3.27. The standard InChI is InChI=1S/C18H18O3S/c1-2-13-12-22(19,20)16-11-7-6-10-15(16)18(17(13)21-18)14-8-4-3-5-9-14/h3-11,13,17H,2,12H2,1H3/t13-,17+,18-/m0/s1. The zero-order chi connectivity index (χ0) is 15.4. The number of hydrogen-bond donors (Lipinski definition) is 0. The van der Waals surface area contributed by atoms with Crippen LogP contribution in [0.1, 0.15) is 24.5 Å². The van der Waals surface area contributed by atoms with Gasteiger partial charge < -0.3 is 4.74 Å². The fourth-order valence-corrected chi connectivity index (χ4v) is 5.71. The van der Waals surface area contributed by atoms with E-state index in [-0.39, 0.29) is 17.8 Å². The van der Waals surface area contributed by atoms with Crippen molar-refractivity contribution in [1.29, 1.82) is 0 Å². The fourth-order valence-electron chi connectivity index (χ4n) is 3.72. The lowest BCUT2D eigenvalue weighted by atomic mass is 9.83. The van der Waals surface area contributed by atoms with Crippen molar-refractivity contribution in [2.45, 2.75) is 29.9 Å². The molecule has 4 rings (SSSR count). The second-order valence-electron chi connectivity index (χ2n) is 6.09. The molecule has 0 saturated carbocycles. The van der Waals surface area contributed by atoms with Crippen LogP contribution in [0.15, 0.2) is 59.5 Å². The van der Waals surface area contributed by atoms with Gasteiger partial charge in [-0.3, -0.25) is 0 Å². The number of benzene rings is 2. The van der Waals surface area contributed by atoms with Crippen LogP contribution in [0.3, 0.4) is 0 Å². The summed E-state index contributed by atoms with van der Waals surface area (Å²) < 4.78 is 31.7. The average molecular weight is 314 g/mol. The van der Waals surface area contributed by atoms with E-state index in [2.05, 4.69) is 0 Å². The van der Waals surface area contributed by atoms with Crippen molar-refractivity contribution in [3.8, 4) is 0 Å². The Morgan fingerprint density at radius 3 is 2.50 bits per heavy atom. The number of fused-ring (bicyclic) bond motifs is 3. The third kappa shape index (κ3) is 1.80. The van der Waals surface area contributed by atoms with Crippen LogP contribution in [0.4, 0.5) is 0 Å². The number of epoxide rings is 1. The molecule has 2 heterocycles. The Balaban J connectivity index is 2.00. The lowest BCUT2D eigenvalue weighted by Crippen LogP contribution is -2.21. The summed E-state index contributed by atoms with van der Waals surface area (Å²) >= 11 is 0. The van der Waals surface area contributed by atoms with E-state index in [1.807, 2.05) is 49.4 Å². The highest BCUT2D eigenvalue weighted by atomic mass is 32.2. The van der Waals surface area contributed by atoms with E-state index in [1.54, 1.807) is 12.1 Å². The molecule has 1 fully saturated rings. The van der Waals surface area contributed by atoms with Crippen molar-refractivity contribution in [2.75, 3.05) is 5.75 Å². The normalized spacial score (nSPS) is 31.7. The van der Waals surface area contributed by atoms with E-state index in [0.29, 0.717) is 4.90 Å². The molecular formula is C18H18O3S. The molecule has 0 aromatic heterocycles. The molecule has 0 radical (unpaired) electrons. The lowest BCUT2D eigenvalue weighted by molar-refractivity contribution is 0.294. The van der Waals surface area contributed by atoms with Gasteiger partial charge in [-0.2, -0.15) is 0 Å². The highest BCUT2D eigenvalue weighted by Gasteiger charge is 2.64. The van der Waals surface area contributed by atoms with Gasteiger partial charge in [-0.1, -0.05) is 55.5 Å². The van der Waals surface area contributed by atoms with Crippen LogP contribution >= 0.6 is 0 Å². The van der Waals surface area contributed by atoms with Gasteiger partial charge in [0.15, 0.2) is 9.84 Å². The highest BCUT2D eigenvalue weighted by Crippen LogP contribution is 2.58. The molecule has 0 N–H and O–H groups in total. The summed E-state index contributed by atoms with van der Waals surface area (Å²) in [6.07, 6.45) is 0.741. The SMILES string of the molecule is CC[C@H]1CS(=O)(=O)c2ccccc2[C@]2(c3ccccc3)O[C@H]12. The van der Waals surface area contributed by atoms with Crippen molar-refractivity contribution in [3.05, 3.63) is 65.7 Å². The number of rotatable bonds is 2. The van der Waals surface area contributed by atoms with Gasteiger partial charge >= 0.3 is 0 Å². The molecule has 2 aliphatic heterocycles. The maximum Gasteiger partial charge on any atom is 0.179 e. The second-order valence-corrected chi connectivity index (χ2v) is 8.09. The highest BCUT2D eigenvalue weighted by molar-refractivity contribution is 7.91. The molecule has 0 bridgehead atoms. The predicted molar refractivity (Wildman–Crippen MR) is 84.4 cm³/mol. The van der Waals surface area contributed by atoms with Crippen LogP contribution in [0, 0.1) is 5.92 Å². The predicted octanol–water partition coefficient (Wildman–Crippen LogP) is 3.14. The van der Waals surface area contributed by atoms with E-state index in [0.717, 1.165) is 17.5 Å². The molecule has 2 aliphatic rings. The largest absolute Gasteiger partial charge is 0.355 e. The fraction of sp³-hybridized carbons (Fsp3) is 0.333. The molecule has 22 heavy (non-hydrogen) atoms. The van der Waals surface area contributed by atoms with Crippen LogP contribution in [-0.2, 0) is 20.2 Å². The Morgan fingerprint density at radius 2 is 1.77 bits per heavy atom. The van der Waals surface area contributed by atoms with Crippen molar-refractivity contribution >= 4 is 9.84 Å². The van der Waals surface area contributed by atoms with Gasteiger partial charge in [-0.25, -0.2) is 8.42 Å². The van der Waals surface area contributed by atoms with Crippen LogP contribution < -0.4 is 0 Å². The summed E-state index contributed by atoms with van der Waals surface area (Å²) in [6, 6.07) is 17.3. The molecule has 3 atom stereocenters. The van der Waals surface area contributed by atoms with Crippen molar-refractivity contribution < 1.29 is 13.2 Å². The van der Waals surface area contributed by atoms with Crippen LogP contribution in [0.25, 0.3) is 0 Å². The molecule has 0 spiro atoms. The van der Waals surface area contributed by atoms with Gasteiger partial charge in [0.2, 0.25) is 0 Å². The number of sulfone groups is 1. The van der Waals surface area contributed by atoms with Gasteiger partial charge in [0.1, 0.15) is 11.7 Å². The Kier molecular flexibility index (Phi) is 2.97. The monoisotopic (exact) mass is 314 g/mol. The van der Waals surface area contributed by atoms with Crippen LogP contribution in [0.2, 0.25) is 0 Å². The third-order valence-electron chi connectivity index (χ3n) is 4.87. The Labute approximate surface area is 130 Å². The minimum atomic E-state index is -3.27. The summed E-state index contributed by atoms with van der Waals surface area (Å²) in [4.78, 5) is 0.428. The van der Waals surface area contributed by atoms with Crippen LogP contribution in [-0.4, -0.2) is 20.3 Å². The smallest absolute Gasteiger partial charge is 0.179 e. The second kappa shape index (κ2) is 4.67. The Bertz CT molecular complexity index is 813. The zero-order valence-electron chi connectivity index (χ0n) is 12.4. The first-order valence-electron chi connectivity index (χ1n) is 7.65. The Morgan fingerprint density at radius 1 is 1.09 bits per heavy atom.